The van der Waals surface area contributed by atoms with Crippen molar-refractivity contribution in [1.82, 2.24) is 4.90 Å². The van der Waals surface area contributed by atoms with E-state index in [2.05, 4.69) is 47.2 Å². The summed E-state index contributed by atoms with van der Waals surface area (Å²) in [6.07, 6.45) is 1.86. The minimum atomic E-state index is -0.280. The number of likely N-dealkylation sites (tertiary alicyclic amines) is 1. The lowest BCUT2D eigenvalue weighted by molar-refractivity contribution is 0.222. The second-order valence-electron chi connectivity index (χ2n) is 5.44. The predicted octanol–water partition coefficient (Wildman–Crippen LogP) is 2.24. The zero-order valence-electron chi connectivity index (χ0n) is 11.5. The van der Waals surface area contributed by atoms with Crippen molar-refractivity contribution in [1.29, 1.82) is 5.26 Å². The Morgan fingerprint density at radius 2 is 1.72 bits per heavy atom. The molecule has 1 saturated heterocycles. The first kappa shape index (κ1) is 12.9. The van der Waals surface area contributed by atoms with Crippen molar-refractivity contribution in [3.63, 3.8) is 0 Å². The number of benzene rings is 1. The highest BCUT2D eigenvalue weighted by molar-refractivity contribution is 5.48. The fourth-order valence-corrected chi connectivity index (χ4v) is 2.54. The quantitative estimate of drug-likeness (QED) is 0.798. The predicted molar refractivity (Wildman–Crippen MR) is 74.8 cm³/mol. The molecule has 0 spiro atoms. The van der Waals surface area contributed by atoms with Crippen LogP contribution in [0, 0.1) is 11.3 Å². The van der Waals surface area contributed by atoms with Crippen molar-refractivity contribution in [3.8, 4) is 6.07 Å². The van der Waals surface area contributed by atoms with Crippen LogP contribution in [0.25, 0.3) is 0 Å². The van der Waals surface area contributed by atoms with E-state index in [0.29, 0.717) is 0 Å². The van der Waals surface area contributed by atoms with E-state index in [1.807, 2.05) is 14.1 Å². The minimum absolute atomic E-state index is 0.280. The summed E-state index contributed by atoms with van der Waals surface area (Å²) >= 11 is 0. The third kappa shape index (κ3) is 2.34. The lowest BCUT2D eigenvalue weighted by atomic mass is 9.74. The first-order chi connectivity index (χ1) is 8.57. The fraction of sp³-hybridized carbons (Fsp3) is 0.533. The first-order valence-corrected chi connectivity index (χ1v) is 6.45. The maximum atomic E-state index is 9.58. The van der Waals surface area contributed by atoms with E-state index < -0.39 is 0 Å². The van der Waals surface area contributed by atoms with Crippen molar-refractivity contribution >= 4 is 5.69 Å². The van der Waals surface area contributed by atoms with E-state index in [-0.39, 0.29) is 5.41 Å². The van der Waals surface area contributed by atoms with Crippen LogP contribution in [0.4, 0.5) is 5.69 Å². The summed E-state index contributed by atoms with van der Waals surface area (Å²) < 4.78 is 0. The van der Waals surface area contributed by atoms with Gasteiger partial charge in [0.25, 0.3) is 0 Å². The standard InChI is InChI=1S/C15H21N3/c1-17(2)14-6-4-13(5-7-14)15(12-16)8-10-18(3)11-9-15/h4-7H,8-11H2,1-3H3. The van der Waals surface area contributed by atoms with Gasteiger partial charge in [-0.3, -0.25) is 0 Å². The highest BCUT2D eigenvalue weighted by Crippen LogP contribution is 2.35. The van der Waals surface area contributed by atoms with E-state index in [4.69, 9.17) is 0 Å². The smallest absolute Gasteiger partial charge is 0.0846 e. The van der Waals surface area contributed by atoms with E-state index in [0.717, 1.165) is 25.9 Å². The topological polar surface area (TPSA) is 30.3 Å². The first-order valence-electron chi connectivity index (χ1n) is 6.45. The molecule has 2 rings (SSSR count). The number of rotatable bonds is 2. The van der Waals surface area contributed by atoms with Gasteiger partial charge in [0, 0.05) is 19.8 Å². The van der Waals surface area contributed by atoms with Gasteiger partial charge in [0.2, 0.25) is 0 Å². The molecule has 1 aromatic carbocycles. The molecule has 96 valence electrons. The zero-order chi connectivity index (χ0) is 13.2. The molecule has 0 radical (unpaired) electrons. The van der Waals surface area contributed by atoms with Crippen molar-refractivity contribution < 1.29 is 0 Å². The summed E-state index contributed by atoms with van der Waals surface area (Å²) in [5.41, 5.74) is 2.07. The lowest BCUT2D eigenvalue weighted by Crippen LogP contribution is -2.39. The van der Waals surface area contributed by atoms with Gasteiger partial charge in [-0.05, 0) is 50.7 Å². The third-order valence-corrected chi connectivity index (χ3v) is 3.99. The molecule has 0 amide bonds. The van der Waals surface area contributed by atoms with Gasteiger partial charge in [0.1, 0.15) is 0 Å². The molecule has 1 aliphatic rings. The van der Waals surface area contributed by atoms with E-state index in [1.165, 1.54) is 11.3 Å². The van der Waals surface area contributed by atoms with E-state index in [9.17, 15) is 5.26 Å². The molecule has 0 bridgehead atoms. The highest BCUT2D eigenvalue weighted by Gasteiger charge is 2.35. The van der Waals surface area contributed by atoms with Crippen LogP contribution < -0.4 is 4.90 Å². The molecule has 0 atom stereocenters. The largest absolute Gasteiger partial charge is 0.378 e. The van der Waals surface area contributed by atoms with Crippen molar-refractivity contribution in [2.45, 2.75) is 18.3 Å². The minimum Gasteiger partial charge on any atom is -0.378 e. The number of nitrogens with zero attached hydrogens (tertiary/aromatic N) is 3. The summed E-state index contributed by atoms with van der Waals surface area (Å²) in [7, 11) is 6.19. The van der Waals surface area contributed by atoms with Crippen LogP contribution in [0.2, 0.25) is 0 Å². The summed E-state index contributed by atoms with van der Waals surface area (Å²) in [6, 6.07) is 11.0. The number of anilines is 1. The van der Waals surface area contributed by atoms with Gasteiger partial charge in [0.15, 0.2) is 0 Å². The monoisotopic (exact) mass is 243 g/mol. The molecule has 0 saturated carbocycles. The number of hydrogen-bond acceptors (Lipinski definition) is 3. The highest BCUT2D eigenvalue weighted by atomic mass is 15.1. The Balaban J connectivity index is 2.26. The van der Waals surface area contributed by atoms with E-state index in [1.54, 1.807) is 0 Å². The molecule has 0 N–H and O–H groups in total. The van der Waals surface area contributed by atoms with Crippen LogP contribution >= 0.6 is 0 Å². The van der Waals surface area contributed by atoms with Crippen LogP contribution in [-0.2, 0) is 5.41 Å². The Hall–Kier alpha value is -1.53. The lowest BCUT2D eigenvalue weighted by Gasteiger charge is -2.36. The summed E-state index contributed by atoms with van der Waals surface area (Å²) in [4.78, 5) is 4.38. The molecular weight excluding hydrogens is 222 g/mol. The molecule has 18 heavy (non-hydrogen) atoms. The zero-order valence-corrected chi connectivity index (χ0v) is 11.5. The number of piperidine rings is 1. The van der Waals surface area contributed by atoms with Crippen LogP contribution in [-0.4, -0.2) is 39.1 Å². The SMILES string of the molecule is CN1CCC(C#N)(c2ccc(N(C)C)cc2)CC1. The van der Waals surface area contributed by atoms with Gasteiger partial charge in [0.05, 0.1) is 11.5 Å². The molecule has 3 heteroatoms. The third-order valence-electron chi connectivity index (χ3n) is 3.99. The maximum Gasteiger partial charge on any atom is 0.0846 e. The summed E-state index contributed by atoms with van der Waals surface area (Å²) in [6.45, 7) is 2.01. The molecule has 1 fully saturated rings. The average Bonchev–Trinajstić information content (AvgIpc) is 2.40. The van der Waals surface area contributed by atoms with Gasteiger partial charge >= 0.3 is 0 Å². The van der Waals surface area contributed by atoms with Crippen LogP contribution in [0.1, 0.15) is 18.4 Å². The van der Waals surface area contributed by atoms with Crippen molar-refractivity contribution in [2.24, 2.45) is 0 Å². The number of hydrogen-bond donors (Lipinski definition) is 0. The van der Waals surface area contributed by atoms with Gasteiger partial charge in [-0.2, -0.15) is 5.26 Å². The second-order valence-corrected chi connectivity index (χ2v) is 5.44. The van der Waals surface area contributed by atoms with Gasteiger partial charge < -0.3 is 9.80 Å². The van der Waals surface area contributed by atoms with Crippen LogP contribution in [0.3, 0.4) is 0 Å². The fourth-order valence-electron chi connectivity index (χ4n) is 2.54. The van der Waals surface area contributed by atoms with E-state index >= 15 is 0 Å². The number of nitriles is 1. The van der Waals surface area contributed by atoms with Gasteiger partial charge in [-0.25, -0.2) is 0 Å². The van der Waals surface area contributed by atoms with Gasteiger partial charge in [-0.15, -0.1) is 0 Å². The maximum absolute atomic E-state index is 9.58. The molecular formula is C15H21N3. The Kier molecular flexibility index (Phi) is 3.58. The molecule has 3 nitrogen and oxygen atoms in total. The Morgan fingerprint density at radius 3 is 2.17 bits per heavy atom. The Labute approximate surface area is 110 Å². The molecule has 1 aromatic rings. The molecule has 0 aliphatic carbocycles. The van der Waals surface area contributed by atoms with Crippen LogP contribution in [0.5, 0.6) is 0 Å². The summed E-state index contributed by atoms with van der Waals surface area (Å²) in [5.74, 6) is 0. The van der Waals surface area contributed by atoms with Crippen molar-refractivity contribution in [2.75, 3.05) is 39.1 Å². The average molecular weight is 243 g/mol. The Bertz CT molecular complexity index is 434. The molecule has 1 heterocycles. The van der Waals surface area contributed by atoms with Gasteiger partial charge in [-0.1, -0.05) is 12.1 Å². The Morgan fingerprint density at radius 1 is 1.17 bits per heavy atom. The van der Waals surface area contributed by atoms with Crippen molar-refractivity contribution in [3.05, 3.63) is 29.8 Å². The molecule has 0 aromatic heterocycles. The second kappa shape index (κ2) is 4.99. The molecule has 1 aliphatic heterocycles. The van der Waals surface area contributed by atoms with Crippen LogP contribution in [0.15, 0.2) is 24.3 Å². The summed E-state index contributed by atoms with van der Waals surface area (Å²) in [5, 5.41) is 9.58. The normalized spacial score (nSPS) is 19.2. The molecule has 0 unspecified atom stereocenters.